The summed E-state index contributed by atoms with van der Waals surface area (Å²) in [6, 6.07) is 9.04. The lowest BCUT2D eigenvalue weighted by Crippen LogP contribution is -2.32. The lowest BCUT2D eigenvalue weighted by atomic mass is 10.2. The number of rotatable bonds is 3. The molecule has 24 heavy (non-hydrogen) atoms. The van der Waals surface area contributed by atoms with Crippen LogP contribution in [-0.2, 0) is 0 Å². The minimum atomic E-state index is -0.0124. The molecule has 0 bridgehead atoms. The first-order valence-electron chi connectivity index (χ1n) is 8.29. The van der Waals surface area contributed by atoms with Gasteiger partial charge in [0.15, 0.2) is 0 Å². The Balaban J connectivity index is 1.80. The van der Waals surface area contributed by atoms with Crippen molar-refractivity contribution in [2.45, 2.75) is 32.6 Å². The van der Waals surface area contributed by atoms with Crippen LogP contribution in [0.25, 0.3) is 0 Å². The maximum absolute atomic E-state index is 12.7. The van der Waals surface area contributed by atoms with Crippen LogP contribution in [-0.4, -0.2) is 33.9 Å². The number of hydrogen-bond donors (Lipinski definition) is 1. The molecule has 0 spiro atoms. The van der Waals surface area contributed by atoms with E-state index in [1.807, 2.05) is 24.0 Å². The van der Waals surface area contributed by atoms with E-state index in [0.29, 0.717) is 16.7 Å². The van der Waals surface area contributed by atoms with Crippen LogP contribution in [0.3, 0.4) is 0 Å². The predicted molar refractivity (Wildman–Crippen MR) is 95.9 cm³/mol. The Morgan fingerprint density at radius 3 is 2.42 bits per heavy atom. The SMILES string of the molecule is Cc1cc(C(=O)N2CCCCCC2)nc(Nc2ccc(Cl)cc2)n1. The number of carbonyl (C=O) groups is 1. The summed E-state index contributed by atoms with van der Waals surface area (Å²) in [4.78, 5) is 23.4. The van der Waals surface area contributed by atoms with E-state index < -0.39 is 0 Å². The van der Waals surface area contributed by atoms with Gasteiger partial charge in [0.05, 0.1) is 0 Å². The van der Waals surface area contributed by atoms with Crippen LogP contribution < -0.4 is 5.32 Å². The van der Waals surface area contributed by atoms with Crippen LogP contribution in [0, 0.1) is 6.92 Å². The molecular weight excluding hydrogens is 324 g/mol. The van der Waals surface area contributed by atoms with E-state index >= 15 is 0 Å². The Labute approximate surface area is 147 Å². The van der Waals surface area contributed by atoms with E-state index in [1.54, 1.807) is 18.2 Å². The molecule has 0 radical (unpaired) electrons. The lowest BCUT2D eigenvalue weighted by molar-refractivity contribution is 0.0755. The number of nitrogens with one attached hydrogen (secondary N) is 1. The lowest BCUT2D eigenvalue weighted by Gasteiger charge is -2.20. The minimum absolute atomic E-state index is 0.0124. The summed E-state index contributed by atoms with van der Waals surface area (Å²) in [6.07, 6.45) is 4.50. The zero-order valence-electron chi connectivity index (χ0n) is 13.8. The van der Waals surface area contributed by atoms with E-state index in [-0.39, 0.29) is 5.91 Å². The Morgan fingerprint density at radius 1 is 1.08 bits per heavy atom. The van der Waals surface area contributed by atoms with Gasteiger partial charge in [0.25, 0.3) is 5.91 Å². The van der Waals surface area contributed by atoms with Crippen molar-refractivity contribution in [1.82, 2.24) is 14.9 Å². The maximum atomic E-state index is 12.7. The average molecular weight is 345 g/mol. The number of likely N-dealkylation sites (tertiary alicyclic amines) is 1. The molecule has 1 aromatic heterocycles. The minimum Gasteiger partial charge on any atom is -0.337 e. The standard InChI is InChI=1S/C18H21ClN4O/c1-13-12-16(17(24)23-10-4-2-3-5-11-23)22-18(20-13)21-15-8-6-14(19)7-9-15/h6-9,12H,2-5,10-11H2,1H3,(H,20,21,22). The molecule has 6 heteroatoms. The first-order valence-corrected chi connectivity index (χ1v) is 8.67. The highest BCUT2D eigenvalue weighted by Crippen LogP contribution is 2.18. The molecule has 1 fully saturated rings. The van der Waals surface area contributed by atoms with Crippen molar-refractivity contribution < 1.29 is 4.79 Å². The first-order chi connectivity index (χ1) is 11.6. The molecule has 5 nitrogen and oxygen atoms in total. The van der Waals surface area contributed by atoms with E-state index in [2.05, 4.69) is 15.3 Å². The summed E-state index contributed by atoms with van der Waals surface area (Å²) in [7, 11) is 0. The van der Waals surface area contributed by atoms with Crippen molar-refractivity contribution in [2.24, 2.45) is 0 Å². The van der Waals surface area contributed by atoms with Crippen molar-refractivity contribution in [3.63, 3.8) is 0 Å². The molecule has 2 aromatic rings. The Morgan fingerprint density at radius 2 is 1.75 bits per heavy atom. The monoisotopic (exact) mass is 344 g/mol. The Kier molecular flexibility index (Phi) is 5.30. The molecule has 1 N–H and O–H groups in total. The van der Waals surface area contributed by atoms with Gasteiger partial charge in [0.1, 0.15) is 5.69 Å². The second kappa shape index (κ2) is 7.62. The highest BCUT2D eigenvalue weighted by atomic mass is 35.5. The van der Waals surface area contributed by atoms with Crippen molar-refractivity contribution >= 4 is 29.1 Å². The molecule has 2 heterocycles. The van der Waals surface area contributed by atoms with E-state index in [1.165, 1.54) is 12.8 Å². The molecule has 1 saturated heterocycles. The normalized spacial score (nSPS) is 15.0. The van der Waals surface area contributed by atoms with Crippen molar-refractivity contribution in [1.29, 1.82) is 0 Å². The maximum Gasteiger partial charge on any atom is 0.272 e. The van der Waals surface area contributed by atoms with Gasteiger partial charge in [-0.2, -0.15) is 0 Å². The van der Waals surface area contributed by atoms with Crippen molar-refractivity contribution in [3.8, 4) is 0 Å². The molecule has 3 rings (SSSR count). The zero-order chi connectivity index (χ0) is 16.9. The number of benzene rings is 1. The number of amides is 1. The third-order valence-electron chi connectivity index (χ3n) is 4.07. The second-order valence-corrected chi connectivity index (χ2v) is 6.49. The predicted octanol–water partition coefficient (Wildman–Crippen LogP) is 4.20. The fraction of sp³-hybridized carbons (Fsp3) is 0.389. The summed E-state index contributed by atoms with van der Waals surface area (Å²) in [5.41, 5.74) is 2.04. The molecule has 1 aliphatic rings. The summed E-state index contributed by atoms with van der Waals surface area (Å²) in [5.74, 6) is 0.414. The topological polar surface area (TPSA) is 58.1 Å². The van der Waals surface area contributed by atoms with E-state index in [4.69, 9.17) is 11.6 Å². The third-order valence-corrected chi connectivity index (χ3v) is 4.32. The van der Waals surface area contributed by atoms with Gasteiger partial charge in [-0.25, -0.2) is 9.97 Å². The summed E-state index contributed by atoms with van der Waals surface area (Å²) >= 11 is 5.90. The highest BCUT2D eigenvalue weighted by Gasteiger charge is 2.19. The van der Waals surface area contributed by atoms with Gasteiger partial charge in [-0.15, -0.1) is 0 Å². The second-order valence-electron chi connectivity index (χ2n) is 6.06. The third kappa shape index (κ3) is 4.23. The Hall–Kier alpha value is -2.14. The number of aromatic nitrogens is 2. The van der Waals surface area contributed by atoms with Crippen LogP contribution in [0.2, 0.25) is 5.02 Å². The quantitative estimate of drug-likeness (QED) is 0.906. The Bertz CT molecular complexity index is 709. The van der Waals surface area contributed by atoms with Gasteiger partial charge in [-0.1, -0.05) is 24.4 Å². The number of hydrogen-bond acceptors (Lipinski definition) is 4. The fourth-order valence-electron chi connectivity index (χ4n) is 2.83. The largest absolute Gasteiger partial charge is 0.337 e. The summed E-state index contributed by atoms with van der Waals surface area (Å²) in [6.45, 7) is 3.48. The van der Waals surface area contributed by atoms with Crippen LogP contribution in [0.1, 0.15) is 41.9 Å². The smallest absolute Gasteiger partial charge is 0.272 e. The molecule has 0 unspecified atom stereocenters. The van der Waals surface area contributed by atoms with Gasteiger partial charge < -0.3 is 10.2 Å². The fourth-order valence-corrected chi connectivity index (χ4v) is 2.96. The number of anilines is 2. The highest BCUT2D eigenvalue weighted by molar-refractivity contribution is 6.30. The van der Waals surface area contributed by atoms with Gasteiger partial charge in [0.2, 0.25) is 5.95 Å². The van der Waals surface area contributed by atoms with Gasteiger partial charge >= 0.3 is 0 Å². The van der Waals surface area contributed by atoms with Crippen LogP contribution in [0.15, 0.2) is 30.3 Å². The van der Waals surface area contributed by atoms with E-state index in [9.17, 15) is 4.79 Å². The number of halogens is 1. The van der Waals surface area contributed by atoms with Crippen molar-refractivity contribution in [2.75, 3.05) is 18.4 Å². The van der Waals surface area contributed by atoms with Gasteiger partial charge in [-0.05, 0) is 50.1 Å². The van der Waals surface area contributed by atoms with Crippen LogP contribution in [0.4, 0.5) is 11.6 Å². The summed E-state index contributed by atoms with van der Waals surface area (Å²) < 4.78 is 0. The first kappa shape index (κ1) is 16.7. The average Bonchev–Trinajstić information content (AvgIpc) is 2.85. The van der Waals surface area contributed by atoms with Gasteiger partial charge in [0, 0.05) is 29.5 Å². The molecule has 0 saturated carbocycles. The molecule has 0 aliphatic carbocycles. The molecule has 0 atom stereocenters. The molecule has 1 aromatic carbocycles. The molecule has 1 amide bonds. The summed E-state index contributed by atoms with van der Waals surface area (Å²) in [5, 5.41) is 3.80. The van der Waals surface area contributed by atoms with Crippen LogP contribution >= 0.6 is 11.6 Å². The van der Waals surface area contributed by atoms with Crippen molar-refractivity contribution in [3.05, 3.63) is 46.7 Å². The molecular formula is C18H21ClN4O. The number of carbonyl (C=O) groups excluding carboxylic acids is 1. The molecule has 126 valence electrons. The van der Waals surface area contributed by atoms with Crippen LogP contribution in [0.5, 0.6) is 0 Å². The molecule has 1 aliphatic heterocycles. The van der Waals surface area contributed by atoms with E-state index in [0.717, 1.165) is 37.3 Å². The zero-order valence-corrected chi connectivity index (χ0v) is 14.5. The number of nitrogens with zero attached hydrogens (tertiary/aromatic N) is 3. The number of aryl methyl sites for hydroxylation is 1. The van der Waals surface area contributed by atoms with Gasteiger partial charge in [-0.3, -0.25) is 4.79 Å².